The summed E-state index contributed by atoms with van der Waals surface area (Å²) in [5.74, 6) is 0. The van der Waals surface area contributed by atoms with Gasteiger partial charge in [0.2, 0.25) is 0 Å². The smallest absolute Gasteiger partial charge is 0.0651 e. The van der Waals surface area contributed by atoms with Gasteiger partial charge in [-0.3, -0.25) is 4.90 Å². The van der Waals surface area contributed by atoms with Crippen LogP contribution in [0, 0.1) is 0 Å². The zero-order chi connectivity index (χ0) is 8.44. The van der Waals surface area contributed by atoms with Crippen molar-refractivity contribution in [3.05, 3.63) is 0 Å². The minimum atomic E-state index is 0.467. The Labute approximate surface area is 74.1 Å². The second-order valence-electron chi connectivity index (χ2n) is 3.87. The predicted molar refractivity (Wildman–Crippen MR) is 48.3 cm³/mol. The molecule has 0 aromatic rings. The van der Waals surface area contributed by atoms with Crippen molar-refractivity contribution in [3.63, 3.8) is 0 Å². The molecule has 1 saturated heterocycles. The molecule has 0 amide bonds. The highest BCUT2D eigenvalue weighted by molar-refractivity contribution is 5.05. The third-order valence-electron chi connectivity index (χ3n) is 3.01. The summed E-state index contributed by atoms with van der Waals surface area (Å²) < 4.78 is 5.50. The van der Waals surface area contributed by atoms with E-state index in [1.165, 1.54) is 19.4 Å². The number of hydrogen-bond donors (Lipinski definition) is 1. The Morgan fingerprint density at radius 2 is 2.33 bits per heavy atom. The lowest BCUT2D eigenvalue weighted by molar-refractivity contribution is -0.0192. The quantitative estimate of drug-likeness (QED) is 0.649. The summed E-state index contributed by atoms with van der Waals surface area (Å²) in [6.45, 7) is 5.30. The van der Waals surface area contributed by atoms with E-state index >= 15 is 0 Å². The normalized spacial score (nSPS) is 27.8. The van der Waals surface area contributed by atoms with E-state index in [1.807, 2.05) is 7.05 Å². The van der Waals surface area contributed by atoms with Gasteiger partial charge < -0.3 is 10.1 Å². The molecule has 0 aromatic heterocycles. The van der Waals surface area contributed by atoms with Crippen LogP contribution >= 0.6 is 0 Å². The fourth-order valence-electron chi connectivity index (χ4n) is 1.97. The standard InChI is InChI=1S/C9H18N2O/c1-10-4-5-11-6-7-12-8-9(11)2-3-9/h10H,2-8H2,1H3. The fraction of sp³-hybridized carbons (Fsp3) is 1.00. The minimum Gasteiger partial charge on any atom is -0.378 e. The number of nitrogens with zero attached hydrogens (tertiary/aromatic N) is 1. The van der Waals surface area contributed by atoms with E-state index in [0.717, 1.165) is 26.3 Å². The summed E-state index contributed by atoms with van der Waals surface area (Å²) in [7, 11) is 2.01. The van der Waals surface area contributed by atoms with Crippen LogP contribution in [0.3, 0.4) is 0 Å². The summed E-state index contributed by atoms with van der Waals surface area (Å²) in [6.07, 6.45) is 2.69. The van der Waals surface area contributed by atoms with Crippen molar-refractivity contribution >= 4 is 0 Å². The van der Waals surface area contributed by atoms with Gasteiger partial charge in [-0.15, -0.1) is 0 Å². The molecule has 0 radical (unpaired) electrons. The largest absolute Gasteiger partial charge is 0.378 e. The molecule has 0 unspecified atom stereocenters. The van der Waals surface area contributed by atoms with Crippen molar-refractivity contribution in [3.8, 4) is 0 Å². The lowest BCUT2D eigenvalue weighted by Crippen LogP contribution is -2.49. The van der Waals surface area contributed by atoms with Gasteiger partial charge in [0.15, 0.2) is 0 Å². The maximum Gasteiger partial charge on any atom is 0.0651 e. The molecule has 0 atom stereocenters. The first-order valence-corrected chi connectivity index (χ1v) is 4.85. The van der Waals surface area contributed by atoms with Crippen LogP contribution in [0.4, 0.5) is 0 Å². The van der Waals surface area contributed by atoms with Gasteiger partial charge in [0, 0.05) is 25.2 Å². The second kappa shape index (κ2) is 3.32. The molecule has 1 N–H and O–H groups in total. The molecule has 1 heterocycles. The third kappa shape index (κ3) is 1.49. The number of ether oxygens (including phenoxy) is 1. The van der Waals surface area contributed by atoms with E-state index in [2.05, 4.69) is 10.2 Å². The Morgan fingerprint density at radius 1 is 1.50 bits per heavy atom. The third-order valence-corrected chi connectivity index (χ3v) is 3.01. The van der Waals surface area contributed by atoms with Gasteiger partial charge in [-0.2, -0.15) is 0 Å². The molecule has 1 aliphatic heterocycles. The van der Waals surface area contributed by atoms with Crippen molar-refractivity contribution in [2.45, 2.75) is 18.4 Å². The Balaban J connectivity index is 1.84. The summed E-state index contributed by atoms with van der Waals surface area (Å²) in [5, 5.41) is 3.20. The van der Waals surface area contributed by atoms with E-state index in [0.29, 0.717) is 5.54 Å². The van der Waals surface area contributed by atoms with E-state index in [4.69, 9.17) is 4.74 Å². The van der Waals surface area contributed by atoms with Crippen molar-refractivity contribution in [1.82, 2.24) is 10.2 Å². The first-order chi connectivity index (χ1) is 5.87. The summed E-state index contributed by atoms with van der Waals surface area (Å²) >= 11 is 0. The minimum absolute atomic E-state index is 0.467. The van der Waals surface area contributed by atoms with Gasteiger partial charge in [0.25, 0.3) is 0 Å². The molecular weight excluding hydrogens is 152 g/mol. The Bertz CT molecular complexity index is 157. The van der Waals surface area contributed by atoms with Gasteiger partial charge in [-0.1, -0.05) is 0 Å². The molecule has 1 saturated carbocycles. The van der Waals surface area contributed by atoms with E-state index in [1.54, 1.807) is 0 Å². The van der Waals surface area contributed by atoms with E-state index < -0.39 is 0 Å². The molecule has 0 bridgehead atoms. The van der Waals surface area contributed by atoms with Crippen molar-refractivity contribution in [2.24, 2.45) is 0 Å². The maximum absolute atomic E-state index is 5.50. The van der Waals surface area contributed by atoms with Gasteiger partial charge in [0.1, 0.15) is 0 Å². The molecule has 12 heavy (non-hydrogen) atoms. The molecule has 70 valence electrons. The molecule has 2 fully saturated rings. The second-order valence-corrected chi connectivity index (χ2v) is 3.87. The highest BCUT2D eigenvalue weighted by Crippen LogP contribution is 2.43. The Hall–Kier alpha value is -0.120. The van der Waals surface area contributed by atoms with Gasteiger partial charge in [-0.05, 0) is 19.9 Å². The monoisotopic (exact) mass is 170 g/mol. The molecule has 2 rings (SSSR count). The molecule has 3 nitrogen and oxygen atoms in total. The lowest BCUT2D eigenvalue weighted by atomic mass is 10.2. The SMILES string of the molecule is CNCCN1CCOCC12CC2. The molecule has 3 heteroatoms. The van der Waals surface area contributed by atoms with E-state index in [9.17, 15) is 0 Å². The Kier molecular flexibility index (Phi) is 2.35. The van der Waals surface area contributed by atoms with Crippen molar-refractivity contribution in [1.29, 1.82) is 0 Å². The van der Waals surface area contributed by atoms with Crippen molar-refractivity contribution in [2.75, 3.05) is 39.9 Å². The molecule has 0 aromatic carbocycles. The number of morpholine rings is 1. The molecule has 1 aliphatic carbocycles. The number of likely N-dealkylation sites (N-methyl/N-ethyl adjacent to an activating group) is 1. The molecule has 1 spiro atoms. The predicted octanol–water partition coefficient (Wildman–Crippen LogP) is 0.0706. The number of hydrogen-bond acceptors (Lipinski definition) is 3. The van der Waals surface area contributed by atoms with Crippen LogP contribution in [0.5, 0.6) is 0 Å². The summed E-state index contributed by atoms with van der Waals surface area (Å²) in [6, 6.07) is 0. The van der Waals surface area contributed by atoms with Crippen LogP contribution in [0.1, 0.15) is 12.8 Å². The lowest BCUT2D eigenvalue weighted by Gasteiger charge is -2.35. The number of rotatable bonds is 3. The molecular formula is C9H18N2O. The van der Waals surface area contributed by atoms with Crippen molar-refractivity contribution < 1.29 is 4.74 Å². The highest BCUT2D eigenvalue weighted by atomic mass is 16.5. The average molecular weight is 170 g/mol. The first-order valence-electron chi connectivity index (χ1n) is 4.85. The molecule has 2 aliphatic rings. The van der Waals surface area contributed by atoms with Gasteiger partial charge in [-0.25, -0.2) is 0 Å². The van der Waals surface area contributed by atoms with Gasteiger partial charge in [0.05, 0.1) is 13.2 Å². The van der Waals surface area contributed by atoms with Crippen LogP contribution in [0.15, 0.2) is 0 Å². The Morgan fingerprint density at radius 3 is 3.00 bits per heavy atom. The van der Waals surface area contributed by atoms with Crippen LogP contribution < -0.4 is 5.32 Å². The maximum atomic E-state index is 5.50. The summed E-state index contributed by atoms with van der Waals surface area (Å²) in [4.78, 5) is 2.59. The van der Waals surface area contributed by atoms with E-state index in [-0.39, 0.29) is 0 Å². The van der Waals surface area contributed by atoms with Crippen LogP contribution in [0.25, 0.3) is 0 Å². The highest BCUT2D eigenvalue weighted by Gasteiger charge is 2.49. The topological polar surface area (TPSA) is 24.5 Å². The van der Waals surface area contributed by atoms with Gasteiger partial charge >= 0.3 is 0 Å². The fourth-order valence-corrected chi connectivity index (χ4v) is 1.97. The average Bonchev–Trinajstić information content (AvgIpc) is 2.85. The van der Waals surface area contributed by atoms with Crippen LogP contribution in [-0.4, -0.2) is 50.3 Å². The van der Waals surface area contributed by atoms with Crippen LogP contribution in [0.2, 0.25) is 0 Å². The summed E-state index contributed by atoms with van der Waals surface area (Å²) in [5.41, 5.74) is 0.467. The van der Waals surface area contributed by atoms with Crippen LogP contribution in [-0.2, 0) is 4.74 Å². The zero-order valence-electron chi connectivity index (χ0n) is 7.81. The zero-order valence-corrected chi connectivity index (χ0v) is 7.81. The first kappa shape index (κ1) is 8.48. The number of nitrogens with one attached hydrogen (secondary N) is 1.